The van der Waals surface area contributed by atoms with E-state index in [1.807, 2.05) is 0 Å². The molecule has 0 bridgehead atoms. The van der Waals surface area contributed by atoms with Crippen LogP contribution in [0.2, 0.25) is 0 Å². The molecule has 0 heterocycles. The number of rotatable bonds is 4. The van der Waals surface area contributed by atoms with Crippen molar-refractivity contribution in [3.63, 3.8) is 0 Å². The van der Waals surface area contributed by atoms with E-state index in [1.165, 1.54) is 44.9 Å². The molecule has 0 aromatic rings. The van der Waals surface area contributed by atoms with E-state index >= 15 is 0 Å². The monoisotopic (exact) mass is 382 g/mol. The number of carboxylic acids is 1. The number of aliphatic hydroxyl groups excluding tert-OH is 1. The predicted octanol–water partition coefficient (Wildman–Crippen LogP) is 1.18. The number of aliphatic hydroxyl groups is 1. The molecular formula is C24H39LiO3. The van der Waals surface area contributed by atoms with E-state index < -0.39 is 5.97 Å². The van der Waals surface area contributed by atoms with E-state index in [0.29, 0.717) is 22.7 Å². The zero-order chi connectivity index (χ0) is 19.4. The SMILES string of the molecule is C[C@H](CCC(=O)[O-])[C@H]1CC[C@H]2[C@@H]3CC[C@@H]4C[C@H](O)CC[C@]4(C)[C@H]3CC[C@]12C.[Li+]. The first-order valence-electron chi connectivity index (χ1n) is 11.6. The van der Waals surface area contributed by atoms with Crippen LogP contribution in [0, 0.1) is 46.3 Å². The van der Waals surface area contributed by atoms with Crippen LogP contribution in [0.15, 0.2) is 0 Å². The second kappa shape index (κ2) is 8.28. The average Bonchev–Trinajstić information content (AvgIpc) is 2.97. The summed E-state index contributed by atoms with van der Waals surface area (Å²) in [5.41, 5.74) is 0.853. The summed E-state index contributed by atoms with van der Waals surface area (Å²) in [7, 11) is 0. The molecule has 4 aliphatic carbocycles. The third-order valence-corrected chi connectivity index (χ3v) is 10.2. The van der Waals surface area contributed by atoms with Gasteiger partial charge in [-0.2, -0.15) is 0 Å². The summed E-state index contributed by atoms with van der Waals surface area (Å²) >= 11 is 0. The van der Waals surface area contributed by atoms with Crippen molar-refractivity contribution in [3.05, 3.63) is 0 Å². The fourth-order valence-electron chi connectivity index (χ4n) is 8.76. The molecular weight excluding hydrogens is 343 g/mol. The summed E-state index contributed by atoms with van der Waals surface area (Å²) in [6.45, 7) is 7.38. The van der Waals surface area contributed by atoms with Gasteiger partial charge in [-0.25, -0.2) is 0 Å². The number of aliphatic carboxylic acids is 1. The normalized spacial score (nSPS) is 48.6. The molecule has 3 nitrogen and oxygen atoms in total. The maximum atomic E-state index is 10.9. The standard InChI is InChI=1S/C24H40O3.Li/c1-15(4-9-22(26)27)19-7-8-20-18-6-5-16-14-17(25)10-12-23(16,2)21(18)11-13-24(19,20)3;/h15-21,25H,4-14H2,1-3H3,(H,26,27);/q;+1/p-1/t15-,16-,17-,18+,19-,20+,21+,23+,24-;/m1./s1. The molecule has 0 saturated heterocycles. The van der Waals surface area contributed by atoms with Gasteiger partial charge in [0.25, 0.3) is 0 Å². The van der Waals surface area contributed by atoms with Crippen LogP contribution in [-0.4, -0.2) is 17.2 Å². The second-order valence-electron chi connectivity index (χ2n) is 11.2. The molecule has 0 aromatic carbocycles. The van der Waals surface area contributed by atoms with Gasteiger partial charge in [-0.3, -0.25) is 0 Å². The smallest absolute Gasteiger partial charge is 0.550 e. The Labute approximate surface area is 183 Å². The zero-order valence-electron chi connectivity index (χ0n) is 18.6. The first kappa shape index (κ1) is 22.7. The molecule has 4 aliphatic rings. The Balaban J connectivity index is 0.00000225. The third-order valence-electron chi connectivity index (χ3n) is 10.2. The molecule has 4 rings (SSSR count). The minimum absolute atomic E-state index is 0. The quantitative estimate of drug-likeness (QED) is 0.743. The van der Waals surface area contributed by atoms with Crippen molar-refractivity contribution in [3.8, 4) is 0 Å². The summed E-state index contributed by atoms with van der Waals surface area (Å²) in [5.74, 6) is 3.55. The van der Waals surface area contributed by atoms with Crippen LogP contribution < -0.4 is 24.0 Å². The fraction of sp³-hybridized carbons (Fsp3) is 0.958. The Kier molecular flexibility index (Phi) is 6.71. The van der Waals surface area contributed by atoms with Gasteiger partial charge in [-0.05, 0) is 117 Å². The van der Waals surface area contributed by atoms with Crippen molar-refractivity contribution < 1.29 is 33.9 Å². The van der Waals surface area contributed by atoms with Gasteiger partial charge >= 0.3 is 18.9 Å². The van der Waals surface area contributed by atoms with E-state index in [1.54, 1.807) is 0 Å². The maximum absolute atomic E-state index is 10.9. The summed E-state index contributed by atoms with van der Waals surface area (Å²) < 4.78 is 0. The van der Waals surface area contributed by atoms with Crippen molar-refractivity contribution in [2.24, 2.45) is 46.3 Å². The summed E-state index contributed by atoms with van der Waals surface area (Å²) in [4.78, 5) is 10.9. The molecule has 4 fully saturated rings. The van der Waals surface area contributed by atoms with Crippen LogP contribution in [0.1, 0.15) is 91.4 Å². The van der Waals surface area contributed by atoms with Crippen LogP contribution in [0.25, 0.3) is 0 Å². The van der Waals surface area contributed by atoms with E-state index in [9.17, 15) is 15.0 Å². The predicted molar refractivity (Wildman–Crippen MR) is 105 cm³/mol. The third kappa shape index (κ3) is 3.63. The Bertz CT molecular complexity index is 580. The first-order chi connectivity index (χ1) is 12.8. The van der Waals surface area contributed by atoms with Gasteiger partial charge in [0.2, 0.25) is 0 Å². The van der Waals surface area contributed by atoms with Crippen molar-refractivity contribution in [1.82, 2.24) is 0 Å². The van der Waals surface area contributed by atoms with Crippen molar-refractivity contribution in [2.75, 3.05) is 0 Å². The maximum Gasteiger partial charge on any atom is 1.00 e. The summed E-state index contributed by atoms with van der Waals surface area (Å²) in [6.07, 6.45) is 12.2. The minimum atomic E-state index is -0.893. The van der Waals surface area contributed by atoms with Gasteiger partial charge in [0, 0.05) is 5.97 Å². The Hall–Kier alpha value is 0.0274. The van der Waals surface area contributed by atoms with Gasteiger partial charge in [-0.1, -0.05) is 20.8 Å². The van der Waals surface area contributed by atoms with Crippen molar-refractivity contribution >= 4 is 5.97 Å². The number of carbonyl (C=O) groups is 1. The minimum Gasteiger partial charge on any atom is -0.550 e. The molecule has 0 aliphatic heterocycles. The van der Waals surface area contributed by atoms with Crippen molar-refractivity contribution in [2.45, 2.75) is 97.5 Å². The fourth-order valence-corrected chi connectivity index (χ4v) is 8.76. The number of hydrogen-bond donors (Lipinski definition) is 1. The van der Waals surface area contributed by atoms with Crippen LogP contribution >= 0.6 is 0 Å². The second-order valence-corrected chi connectivity index (χ2v) is 11.2. The molecule has 4 heteroatoms. The number of carbonyl (C=O) groups excluding carboxylic acids is 1. The largest absolute Gasteiger partial charge is 1.00 e. The molecule has 4 saturated carbocycles. The van der Waals surface area contributed by atoms with Crippen LogP contribution in [0.4, 0.5) is 0 Å². The molecule has 28 heavy (non-hydrogen) atoms. The summed E-state index contributed by atoms with van der Waals surface area (Å²) in [5, 5.41) is 21.1. The molecule has 0 spiro atoms. The molecule has 0 amide bonds. The molecule has 0 unspecified atom stereocenters. The van der Waals surface area contributed by atoms with Gasteiger partial charge in [0.05, 0.1) is 6.10 Å². The average molecular weight is 383 g/mol. The zero-order valence-corrected chi connectivity index (χ0v) is 18.6. The van der Waals surface area contributed by atoms with Gasteiger partial charge in [-0.15, -0.1) is 0 Å². The Morgan fingerprint density at radius 2 is 1.71 bits per heavy atom. The van der Waals surface area contributed by atoms with Gasteiger partial charge < -0.3 is 15.0 Å². The Morgan fingerprint density at radius 1 is 1.04 bits per heavy atom. The van der Waals surface area contributed by atoms with Gasteiger partial charge in [0.1, 0.15) is 0 Å². The van der Waals surface area contributed by atoms with Crippen LogP contribution in [0.3, 0.4) is 0 Å². The number of hydrogen-bond acceptors (Lipinski definition) is 3. The van der Waals surface area contributed by atoms with Crippen LogP contribution in [0.5, 0.6) is 0 Å². The molecule has 154 valence electrons. The van der Waals surface area contributed by atoms with E-state index in [4.69, 9.17) is 0 Å². The molecule has 1 N–H and O–H groups in total. The van der Waals surface area contributed by atoms with E-state index in [-0.39, 0.29) is 31.4 Å². The Morgan fingerprint density at radius 3 is 2.43 bits per heavy atom. The topological polar surface area (TPSA) is 60.4 Å². The van der Waals surface area contributed by atoms with Crippen LogP contribution in [-0.2, 0) is 4.79 Å². The molecule has 9 atom stereocenters. The van der Waals surface area contributed by atoms with Crippen molar-refractivity contribution in [1.29, 1.82) is 0 Å². The number of fused-ring (bicyclic) bond motifs is 5. The number of carboxylic acid groups (broad SMARTS) is 1. The summed E-state index contributed by atoms with van der Waals surface area (Å²) in [6, 6.07) is 0. The van der Waals surface area contributed by atoms with E-state index in [0.717, 1.165) is 42.9 Å². The first-order valence-corrected chi connectivity index (χ1v) is 11.6. The van der Waals surface area contributed by atoms with Gasteiger partial charge in [0.15, 0.2) is 0 Å². The van der Waals surface area contributed by atoms with E-state index in [2.05, 4.69) is 20.8 Å². The molecule has 0 aromatic heterocycles. The molecule has 0 radical (unpaired) electrons.